The predicted molar refractivity (Wildman–Crippen MR) is 82.6 cm³/mol. The molecule has 124 valence electrons. The van der Waals surface area contributed by atoms with Crippen molar-refractivity contribution in [1.29, 1.82) is 5.26 Å². The number of anilines is 1. The highest BCUT2D eigenvalue weighted by molar-refractivity contribution is 5.54. The number of hydrogen-bond acceptors (Lipinski definition) is 6. The van der Waals surface area contributed by atoms with Gasteiger partial charge in [0.15, 0.2) is 5.56 Å². The number of nitriles is 1. The van der Waals surface area contributed by atoms with E-state index in [0.717, 1.165) is 11.0 Å². The van der Waals surface area contributed by atoms with Crippen LogP contribution >= 0.6 is 0 Å². The molecule has 2 unspecified atom stereocenters. The highest BCUT2D eigenvalue weighted by Gasteiger charge is 2.44. The van der Waals surface area contributed by atoms with Crippen LogP contribution in [0.1, 0.15) is 18.9 Å². The van der Waals surface area contributed by atoms with E-state index >= 15 is 0 Å². The number of ether oxygens (including phenoxy) is 2. The maximum absolute atomic E-state index is 12.3. The van der Waals surface area contributed by atoms with E-state index < -0.39 is 16.9 Å². The van der Waals surface area contributed by atoms with Gasteiger partial charge in [-0.2, -0.15) is 5.26 Å². The fourth-order valence-corrected chi connectivity index (χ4v) is 3.49. The molecular formula is C15H20N4O4. The number of nitrogens with zero attached hydrogens (tertiary/aromatic N) is 4. The average Bonchev–Trinajstić information content (AvgIpc) is 2.95. The highest BCUT2D eigenvalue weighted by Crippen LogP contribution is 2.32. The molecule has 2 atom stereocenters. The van der Waals surface area contributed by atoms with Crippen molar-refractivity contribution in [3.05, 3.63) is 26.4 Å². The van der Waals surface area contributed by atoms with Crippen LogP contribution in [0.2, 0.25) is 0 Å². The lowest BCUT2D eigenvalue weighted by Gasteiger charge is -2.44. The van der Waals surface area contributed by atoms with Crippen molar-refractivity contribution < 1.29 is 9.47 Å². The minimum atomic E-state index is -0.568. The van der Waals surface area contributed by atoms with Crippen LogP contribution < -0.4 is 16.1 Å². The second-order valence-corrected chi connectivity index (χ2v) is 6.31. The quantitative estimate of drug-likeness (QED) is 0.682. The minimum absolute atomic E-state index is 0.0160. The normalized spacial score (nSPS) is 27.4. The van der Waals surface area contributed by atoms with Crippen LogP contribution in [0.4, 0.5) is 5.82 Å². The van der Waals surface area contributed by atoms with Crippen molar-refractivity contribution in [3.63, 3.8) is 0 Å². The summed E-state index contributed by atoms with van der Waals surface area (Å²) in [6.07, 6.45) is 0.672. The summed E-state index contributed by atoms with van der Waals surface area (Å²) in [5.74, 6) is 0.363. The third kappa shape index (κ3) is 2.46. The summed E-state index contributed by atoms with van der Waals surface area (Å²) in [7, 11) is 2.96. The van der Waals surface area contributed by atoms with E-state index in [1.165, 1.54) is 11.6 Å². The Kier molecular flexibility index (Phi) is 3.78. The Morgan fingerprint density at radius 3 is 2.65 bits per heavy atom. The van der Waals surface area contributed by atoms with Gasteiger partial charge in [0.2, 0.25) is 0 Å². The van der Waals surface area contributed by atoms with E-state index in [1.54, 1.807) is 7.05 Å². The molecule has 2 saturated heterocycles. The van der Waals surface area contributed by atoms with Gasteiger partial charge in [-0.3, -0.25) is 13.9 Å². The maximum atomic E-state index is 12.3. The topological polar surface area (TPSA) is 89.5 Å². The molecule has 0 bridgehead atoms. The van der Waals surface area contributed by atoms with Crippen molar-refractivity contribution in [2.45, 2.75) is 25.0 Å². The lowest BCUT2D eigenvalue weighted by molar-refractivity contribution is -0.0992. The minimum Gasteiger partial charge on any atom is -0.378 e. The van der Waals surface area contributed by atoms with Crippen molar-refractivity contribution in [2.75, 3.05) is 31.2 Å². The van der Waals surface area contributed by atoms with Gasteiger partial charge in [0.25, 0.3) is 5.56 Å². The molecule has 2 aliphatic heterocycles. The van der Waals surface area contributed by atoms with Crippen molar-refractivity contribution >= 4 is 5.82 Å². The number of rotatable bonds is 1. The van der Waals surface area contributed by atoms with Crippen LogP contribution in [0.5, 0.6) is 0 Å². The van der Waals surface area contributed by atoms with Gasteiger partial charge in [0.05, 0.1) is 19.3 Å². The molecule has 0 radical (unpaired) electrons. The van der Waals surface area contributed by atoms with Gasteiger partial charge in [-0.25, -0.2) is 4.79 Å². The maximum Gasteiger partial charge on any atom is 0.332 e. The van der Waals surface area contributed by atoms with Crippen LogP contribution in [-0.4, -0.2) is 47.1 Å². The molecule has 2 fully saturated rings. The van der Waals surface area contributed by atoms with Crippen LogP contribution in [0.15, 0.2) is 9.59 Å². The lowest BCUT2D eigenvalue weighted by atomic mass is 9.99. The summed E-state index contributed by atoms with van der Waals surface area (Å²) in [6, 6.07) is 1.96. The zero-order chi connectivity index (χ0) is 16.8. The molecule has 23 heavy (non-hydrogen) atoms. The first-order valence-corrected chi connectivity index (χ1v) is 7.59. The first-order chi connectivity index (χ1) is 10.9. The Morgan fingerprint density at radius 2 is 2.04 bits per heavy atom. The van der Waals surface area contributed by atoms with Crippen LogP contribution in [0.25, 0.3) is 0 Å². The number of aromatic nitrogens is 2. The Morgan fingerprint density at radius 1 is 1.30 bits per heavy atom. The molecule has 3 heterocycles. The number of morpholine rings is 1. The van der Waals surface area contributed by atoms with Gasteiger partial charge in [-0.05, 0) is 6.92 Å². The Labute approximate surface area is 133 Å². The lowest BCUT2D eigenvalue weighted by Crippen LogP contribution is -2.57. The summed E-state index contributed by atoms with van der Waals surface area (Å²) < 4.78 is 13.9. The van der Waals surface area contributed by atoms with Crippen LogP contribution in [0, 0.1) is 11.3 Å². The number of hydrogen-bond donors (Lipinski definition) is 0. The summed E-state index contributed by atoms with van der Waals surface area (Å²) >= 11 is 0. The molecule has 0 N–H and O–H groups in total. The molecule has 8 nitrogen and oxygen atoms in total. The van der Waals surface area contributed by atoms with Gasteiger partial charge >= 0.3 is 5.69 Å². The zero-order valence-corrected chi connectivity index (χ0v) is 13.5. The summed E-state index contributed by atoms with van der Waals surface area (Å²) in [4.78, 5) is 26.4. The average molecular weight is 320 g/mol. The molecule has 8 heteroatoms. The summed E-state index contributed by atoms with van der Waals surface area (Å²) in [5.41, 5.74) is -1.47. The Hall–Kier alpha value is -2.11. The van der Waals surface area contributed by atoms with Gasteiger partial charge in [-0.15, -0.1) is 0 Å². The standard InChI is InChI=1S/C15H20N4O4/c1-10-7-19(8-15(23-10)4-5-22-9-15)12-11(6-16)13(20)18(3)14(21)17(12)2/h10H,4-5,7-9H2,1-3H3. The fourth-order valence-electron chi connectivity index (χ4n) is 3.49. The molecule has 1 aromatic rings. The van der Waals surface area contributed by atoms with Crippen molar-refractivity contribution in [1.82, 2.24) is 9.13 Å². The SMILES string of the molecule is CC1CN(c2c(C#N)c(=O)n(C)c(=O)n2C)CC2(CCOC2)O1. The molecule has 2 aliphatic rings. The third-order valence-electron chi connectivity index (χ3n) is 4.52. The summed E-state index contributed by atoms with van der Waals surface area (Å²) in [5, 5.41) is 9.43. The summed E-state index contributed by atoms with van der Waals surface area (Å²) in [6.45, 7) is 4.05. The second-order valence-electron chi connectivity index (χ2n) is 6.31. The van der Waals surface area contributed by atoms with Gasteiger partial charge < -0.3 is 14.4 Å². The molecule has 0 aliphatic carbocycles. The van der Waals surface area contributed by atoms with E-state index in [2.05, 4.69) is 0 Å². The molecule has 1 spiro atoms. The predicted octanol–water partition coefficient (Wildman–Crippen LogP) is -0.660. The smallest absolute Gasteiger partial charge is 0.332 e. The van der Waals surface area contributed by atoms with E-state index in [9.17, 15) is 14.9 Å². The third-order valence-corrected chi connectivity index (χ3v) is 4.52. The van der Waals surface area contributed by atoms with Crippen LogP contribution in [-0.2, 0) is 23.6 Å². The fraction of sp³-hybridized carbons (Fsp3) is 0.667. The molecular weight excluding hydrogens is 300 g/mol. The Bertz CT molecular complexity index is 782. The molecule has 0 aromatic carbocycles. The first-order valence-electron chi connectivity index (χ1n) is 7.59. The van der Waals surface area contributed by atoms with E-state index in [4.69, 9.17) is 9.47 Å². The Balaban J connectivity index is 2.13. The molecule has 1 aromatic heterocycles. The van der Waals surface area contributed by atoms with Gasteiger partial charge in [0, 0.05) is 33.7 Å². The monoisotopic (exact) mass is 320 g/mol. The largest absolute Gasteiger partial charge is 0.378 e. The second kappa shape index (κ2) is 5.51. The first kappa shape index (κ1) is 15.8. The zero-order valence-electron chi connectivity index (χ0n) is 13.5. The molecule has 0 amide bonds. The van der Waals surface area contributed by atoms with E-state index in [0.29, 0.717) is 32.1 Å². The van der Waals surface area contributed by atoms with Gasteiger partial charge in [-0.1, -0.05) is 0 Å². The molecule has 3 rings (SSSR count). The van der Waals surface area contributed by atoms with Gasteiger partial charge in [0.1, 0.15) is 17.5 Å². The van der Waals surface area contributed by atoms with E-state index in [-0.39, 0.29) is 11.7 Å². The van der Waals surface area contributed by atoms with Crippen LogP contribution in [0.3, 0.4) is 0 Å². The van der Waals surface area contributed by atoms with Crippen molar-refractivity contribution in [3.8, 4) is 6.07 Å². The van der Waals surface area contributed by atoms with Crippen molar-refractivity contribution in [2.24, 2.45) is 14.1 Å². The molecule has 0 saturated carbocycles. The van der Waals surface area contributed by atoms with E-state index in [1.807, 2.05) is 17.9 Å². The highest BCUT2D eigenvalue weighted by atomic mass is 16.6.